The summed E-state index contributed by atoms with van der Waals surface area (Å²) in [6.07, 6.45) is 35.9. The molecular formula is C29H45NO3. The van der Waals surface area contributed by atoms with E-state index in [1.807, 2.05) is 36.5 Å². The Morgan fingerprint density at radius 1 is 0.697 bits per heavy atom. The summed E-state index contributed by atoms with van der Waals surface area (Å²) in [6, 6.07) is -0.881. The zero-order valence-electron chi connectivity index (χ0n) is 20.9. The van der Waals surface area contributed by atoms with Crippen molar-refractivity contribution in [2.45, 2.75) is 91.0 Å². The lowest BCUT2D eigenvalue weighted by Crippen LogP contribution is -2.43. The minimum atomic E-state index is -1.03. The van der Waals surface area contributed by atoms with Crippen molar-refractivity contribution in [3.8, 4) is 0 Å². The Morgan fingerprint density at radius 3 is 1.64 bits per heavy atom. The van der Waals surface area contributed by atoms with Gasteiger partial charge in [0.2, 0.25) is 5.91 Å². The van der Waals surface area contributed by atoms with Crippen molar-refractivity contribution < 1.29 is 14.7 Å². The van der Waals surface area contributed by atoms with Crippen molar-refractivity contribution >= 4 is 11.9 Å². The summed E-state index contributed by atoms with van der Waals surface area (Å²) in [4.78, 5) is 22.8. The Morgan fingerprint density at radius 2 is 1.15 bits per heavy atom. The van der Waals surface area contributed by atoms with Gasteiger partial charge >= 0.3 is 5.97 Å². The number of rotatable bonds is 19. The molecule has 2 N–H and O–H groups in total. The average molecular weight is 456 g/mol. The van der Waals surface area contributed by atoms with E-state index in [0.717, 1.165) is 6.42 Å². The number of hydrogen-bond acceptors (Lipinski definition) is 2. The average Bonchev–Trinajstić information content (AvgIpc) is 2.78. The minimum Gasteiger partial charge on any atom is -0.480 e. The molecule has 1 amide bonds. The standard InChI is InChI=1S/C29H45NO3/c1-4-5-6-7-8-9-10-11-12-13-14-15-16-17-18-19-20-21-22-23-24-25-27(31)30-28(26(2)3)29(32)33/h14-26,28H,4-13H2,1-3H3,(H,30,31)(H,32,33)/t28-/m0/s1. The van der Waals surface area contributed by atoms with Gasteiger partial charge in [-0.3, -0.25) is 4.79 Å². The molecule has 0 aliphatic heterocycles. The van der Waals surface area contributed by atoms with Crippen LogP contribution < -0.4 is 5.32 Å². The number of nitrogens with one attached hydrogen (secondary N) is 1. The first-order valence-corrected chi connectivity index (χ1v) is 12.5. The topological polar surface area (TPSA) is 66.4 Å². The van der Waals surface area contributed by atoms with E-state index in [1.165, 1.54) is 63.9 Å². The van der Waals surface area contributed by atoms with E-state index < -0.39 is 17.9 Å². The van der Waals surface area contributed by atoms with E-state index in [1.54, 1.807) is 32.1 Å². The Hall–Kier alpha value is -2.62. The quantitative estimate of drug-likeness (QED) is 0.121. The van der Waals surface area contributed by atoms with Gasteiger partial charge in [0, 0.05) is 6.08 Å². The van der Waals surface area contributed by atoms with Crippen LogP contribution in [0.2, 0.25) is 0 Å². The van der Waals surface area contributed by atoms with Gasteiger partial charge in [0.15, 0.2) is 0 Å². The van der Waals surface area contributed by atoms with Crippen LogP contribution in [-0.4, -0.2) is 23.0 Å². The van der Waals surface area contributed by atoms with Crippen LogP contribution in [-0.2, 0) is 9.59 Å². The second kappa shape index (κ2) is 22.6. The fraction of sp³-hybridized carbons (Fsp3) is 0.517. The zero-order chi connectivity index (χ0) is 24.6. The van der Waals surface area contributed by atoms with Crippen LogP contribution in [0.1, 0.15) is 85.0 Å². The van der Waals surface area contributed by atoms with Crippen LogP contribution in [0.5, 0.6) is 0 Å². The number of hydrogen-bond donors (Lipinski definition) is 2. The molecule has 0 aromatic carbocycles. The van der Waals surface area contributed by atoms with E-state index in [4.69, 9.17) is 5.11 Å². The molecule has 0 aromatic heterocycles. The number of aliphatic carboxylic acids is 1. The van der Waals surface area contributed by atoms with Crippen LogP contribution >= 0.6 is 0 Å². The molecule has 0 aliphatic carbocycles. The van der Waals surface area contributed by atoms with Gasteiger partial charge in [0.05, 0.1) is 0 Å². The number of allylic oxidation sites excluding steroid dienone is 11. The lowest BCUT2D eigenvalue weighted by Gasteiger charge is -2.16. The highest BCUT2D eigenvalue weighted by molar-refractivity contribution is 5.91. The summed E-state index contributed by atoms with van der Waals surface area (Å²) in [5, 5.41) is 11.5. The first-order valence-electron chi connectivity index (χ1n) is 12.5. The molecule has 0 aliphatic rings. The second-order valence-electron chi connectivity index (χ2n) is 8.51. The summed E-state index contributed by atoms with van der Waals surface area (Å²) in [5.41, 5.74) is 0. The number of unbranched alkanes of at least 4 members (excludes halogenated alkanes) is 9. The van der Waals surface area contributed by atoms with Crippen LogP contribution in [0.3, 0.4) is 0 Å². The van der Waals surface area contributed by atoms with Crippen LogP contribution in [0.4, 0.5) is 0 Å². The lowest BCUT2D eigenvalue weighted by molar-refractivity contribution is -0.142. The molecule has 0 aromatic rings. The molecule has 1 atom stereocenters. The maximum Gasteiger partial charge on any atom is 0.326 e. The number of carboxylic acid groups (broad SMARTS) is 1. The fourth-order valence-electron chi connectivity index (χ4n) is 3.12. The van der Waals surface area contributed by atoms with E-state index in [0.29, 0.717) is 0 Å². The number of carboxylic acids is 1. The zero-order valence-corrected chi connectivity index (χ0v) is 20.9. The highest BCUT2D eigenvalue weighted by Crippen LogP contribution is 2.10. The molecule has 4 nitrogen and oxygen atoms in total. The molecule has 0 unspecified atom stereocenters. The Labute approximate surface area is 201 Å². The first kappa shape index (κ1) is 30.4. The van der Waals surface area contributed by atoms with Gasteiger partial charge in [-0.25, -0.2) is 4.79 Å². The highest BCUT2D eigenvalue weighted by atomic mass is 16.4. The molecule has 0 fully saturated rings. The Balaban J connectivity index is 3.84. The molecule has 184 valence electrons. The van der Waals surface area contributed by atoms with Gasteiger partial charge in [0.25, 0.3) is 0 Å². The molecule has 4 heteroatoms. The summed E-state index contributed by atoms with van der Waals surface area (Å²) < 4.78 is 0. The molecular weight excluding hydrogens is 410 g/mol. The van der Waals surface area contributed by atoms with Crippen molar-refractivity contribution in [2.75, 3.05) is 0 Å². The number of carbonyl (C=O) groups is 2. The van der Waals surface area contributed by atoms with Gasteiger partial charge in [-0.1, -0.05) is 139 Å². The highest BCUT2D eigenvalue weighted by Gasteiger charge is 2.22. The van der Waals surface area contributed by atoms with Gasteiger partial charge in [-0.2, -0.15) is 0 Å². The van der Waals surface area contributed by atoms with E-state index in [9.17, 15) is 9.59 Å². The van der Waals surface area contributed by atoms with Gasteiger partial charge < -0.3 is 10.4 Å². The monoisotopic (exact) mass is 455 g/mol. The predicted molar refractivity (Wildman–Crippen MR) is 141 cm³/mol. The van der Waals surface area contributed by atoms with Crippen molar-refractivity contribution in [1.82, 2.24) is 5.32 Å². The molecule has 0 radical (unpaired) electrons. The van der Waals surface area contributed by atoms with Crippen molar-refractivity contribution in [3.63, 3.8) is 0 Å². The third-order valence-corrected chi connectivity index (χ3v) is 5.09. The summed E-state index contributed by atoms with van der Waals surface area (Å²) >= 11 is 0. The Kier molecular flexibility index (Phi) is 20.8. The summed E-state index contributed by atoms with van der Waals surface area (Å²) in [5.74, 6) is -1.62. The molecule has 0 spiro atoms. The van der Waals surface area contributed by atoms with Crippen molar-refractivity contribution in [1.29, 1.82) is 0 Å². The second-order valence-corrected chi connectivity index (χ2v) is 8.51. The van der Waals surface area contributed by atoms with Crippen molar-refractivity contribution in [3.05, 3.63) is 72.9 Å². The Bertz CT molecular complexity index is 681. The van der Waals surface area contributed by atoms with E-state index >= 15 is 0 Å². The van der Waals surface area contributed by atoms with Crippen LogP contribution in [0.25, 0.3) is 0 Å². The largest absolute Gasteiger partial charge is 0.480 e. The van der Waals surface area contributed by atoms with Gasteiger partial charge in [-0.15, -0.1) is 0 Å². The SMILES string of the molecule is CCCCCCCCCCCC=CC=CC=CC=CC=CC=CC(=O)N[C@H](C(=O)O)C(C)C. The summed E-state index contributed by atoms with van der Waals surface area (Å²) in [7, 11) is 0. The van der Waals surface area contributed by atoms with Crippen LogP contribution in [0.15, 0.2) is 72.9 Å². The maximum absolute atomic E-state index is 11.7. The number of amides is 1. The smallest absolute Gasteiger partial charge is 0.326 e. The molecule has 0 saturated carbocycles. The summed E-state index contributed by atoms with van der Waals surface area (Å²) in [6.45, 7) is 5.77. The lowest BCUT2D eigenvalue weighted by atomic mass is 10.0. The van der Waals surface area contributed by atoms with Crippen molar-refractivity contribution in [2.24, 2.45) is 5.92 Å². The molecule has 0 bridgehead atoms. The molecule has 0 heterocycles. The third-order valence-electron chi connectivity index (χ3n) is 5.09. The van der Waals surface area contributed by atoms with E-state index in [2.05, 4.69) is 24.4 Å². The predicted octanol–water partition coefficient (Wildman–Crippen LogP) is 7.47. The first-order chi connectivity index (χ1) is 16.0. The number of carbonyl (C=O) groups excluding carboxylic acids is 1. The normalized spacial score (nSPS) is 13.7. The van der Waals surface area contributed by atoms with Gasteiger partial charge in [-0.05, 0) is 18.8 Å². The van der Waals surface area contributed by atoms with Crippen LogP contribution in [0, 0.1) is 5.92 Å². The molecule has 0 saturated heterocycles. The molecule has 0 rings (SSSR count). The van der Waals surface area contributed by atoms with Gasteiger partial charge in [0.1, 0.15) is 6.04 Å². The fourth-order valence-corrected chi connectivity index (χ4v) is 3.12. The maximum atomic E-state index is 11.7. The molecule has 33 heavy (non-hydrogen) atoms. The van der Waals surface area contributed by atoms with E-state index in [-0.39, 0.29) is 5.92 Å². The third kappa shape index (κ3) is 21.0. The minimum absolute atomic E-state index is 0.172.